The molecule has 0 aromatic carbocycles. The predicted octanol–water partition coefficient (Wildman–Crippen LogP) is 11.9. The molecule has 0 heterocycles. The summed E-state index contributed by atoms with van der Waals surface area (Å²) in [6.07, 6.45) is 40.1. The van der Waals surface area contributed by atoms with Crippen molar-refractivity contribution in [2.24, 2.45) is 0 Å². The van der Waals surface area contributed by atoms with E-state index in [0.717, 1.165) is 12.8 Å². The Hall–Kier alpha value is 0.470. The van der Waals surface area contributed by atoms with Crippen molar-refractivity contribution in [1.29, 1.82) is 0 Å². The van der Waals surface area contributed by atoms with Crippen molar-refractivity contribution in [3.05, 3.63) is 0 Å². The Morgan fingerprint density at radius 1 is 0.378 bits per heavy atom. The van der Waals surface area contributed by atoms with Gasteiger partial charge in [0.05, 0.1) is 6.61 Å². The van der Waals surface area contributed by atoms with E-state index in [9.17, 15) is 4.79 Å². The number of esters is 1. The van der Waals surface area contributed by atoms with Crippen LogP contribution in [0.3, 0.4) is 0 Å². The first kappa shape index (κ1) is 39.6. The fraction of sp³-hybridized carbons (Fsp3) is 0.971. The quantitative estimate of drug-likeness (QED) is 0.0505. The molecule has 2 nitrogen and oxygen atoms in total. The molecule has 0 fully saturated rings. The van der Waals surface area contributed by atoms with E-state index in [2.05, 4.69) is 13.8 Å². The molecule has 0 N–H and O–H groups in total. The third-order valence-electron chi connectivity index (χ3n) is 7.75. The van der Waals surface area contributed by atoms with Gasteiger partial charge in [0.15, 0.2) is 0 Å². The van der Waals surface area contributed by atoms with Gasteiger partial charge in [0.1, 0.15) is 0 Å². The van der Waals surface area contributed by atoms with Gasteiger partial charge in [-0.05, 0) is 12.8 Å². The Morgan fingerprint density at radius 2 is 0.622 bits per heavy atom. The maximum absolute atomic E-state index is 11.9. The molecule has 1 radical (unpaired) electrons. The molecule has 0 spiro atoms. The van der Waals surface area contributed by atoms with Crippen molar-refractivity contribution in [2.75, 3.05) is 6.61 Å². The monoisotopic (exact) mass is 532 g/mol. The normalized spacial score (nSPS) is 11.0. The Labute approximate surface area is 256 Å². The van der Waals surface area contributed by atoms with Crippen molar-refractivity contribution in [1.82, 2.24) is 0 Å². The largest absolute Gasteiger partial charge is 0.466 e. The third-order valence-corrected chi connectivity index (χ3v) is 7.75. The van der Waals surface area contributed by atoms with Crippen LogP contribution in [0.5, 0.6) is 0 Å². The van der Waals surface area contributed by atoms with Crippen LogP contribution in [0.25, 0.3) is 0 Å². The molecule has 0 unspecified atom stereocenters. The van der Waals surface area contributed by atoms with Gasteiger partial charge in [0, 0.05) is 36.0 Å². The van der Waals surface area contributed by atoms with Gasteiger partial charge in [-0.1, -0.05) is 187 Å². The minimum absolute atomic E-state index is 0. The molecule has 0 saturated carbocycles. The van der Waals surface area contributed by atoms with Crippen LogP contribution in [-0.4, -0.2) is 42.1 Å². The molecular weight excluding hydrogens is 463 g/mol. The van der Waals surface area contributed by atoms with E-state index in [1.165, 1.54) is 173 Å². The van der Waals surface area contributed by atoms with Gasteiger partial charge in [0.2, 0.25) is 0 Å². The van der Waals surface area contributed by atoms with Gasteiger partial charge in [0.25, 0.3) is 0 Å². The summed E-state index contributed by atoms with van der Waals surface area (Å²) in [5.41, 5.74) is 0. The minimum Gasteiger partial charge on any atom is -0.466 e. The van der Waals surface area contributed by atoms with Crippen LogP contribution in [0, 0.1) is 0 Å². The zero-order valence-electron chi connectivity index (χ0n) is 26.2. The molecule has 0 atom stereocenters. The van der Waals surface area contributed by atoms with Gasteiger partial charge < -0.3 is 4.74 Å². The van der Waals surface area contributed by atoms with Crippen LogP contribution < -0.4 is 0 Å². The van der Waals surface area contributed by atoms with E-state index in [1.807, 2.05) is 0 Å². The summed E-state index contributed by atoms with van der Waals surface area (Å²) in [7, 11) is 0. The number of carbonyl (C=O) groups excluding carboxylic acids is 1. The van der Waals surface area contributed by atoms with Crippen molar-refractivity contribution < 1.29 is 9.53 Å². The van der Waals surface area contributed by atoms with Gasteiger partial charge in [-0.15, -0.1) is 0 Å². The summed E-state index contributed by atoms with van der Waals surface area (Å²) in [5.74, 6) is 0.0272. The Morgan fingerprint density at radius 3 is 0.919 bits per heavy atom. The maximum Gasteiger partial charge on any atom is 0.305 e. The average molecular weight is 532 g/mol. The first-order valence-corrected chi connectivity index (χ1v) is 17.0. The number of hydrogen-bond acceptors (Lipinski definition) is 2. The summed E-state index contributed by atoms with van der Waals surface area (Å²) in [5, 5.41) is 0. The van der Waals surface area contributed by atoms with Crippen LogP contribution >= 0.6 is 0 Å². The molecule has 0 saturated heterocycles. The van der Waals surface area contributed by atoms with Crippen molar-refractivity contribution in [2.45, 2.75) is 206 Å². The van der Waals surface area contributed by atoms with Gasteiger partial charge >= 0.3 is 5.97 Å². The summed E-state index contributed by atoms with van der Waals surface area (Å²) in [6, 6.07) is 0. The van der Waals surface area contributed by atoms with Crippen LogP contribution in [0.15, 0.2) is 0 Å². The van der Waals surface area contributed by atoms with E-state index in [-0.39, 0.29) is 35.5 Å². The molecule has 0 aliphatic heterocycles. The smallest absolute Gasteiger partial charge is 0.305 e. The van der Waals surface area contributed by atoms with Gasteiger partial charge in [-0.2, -0.15) is 0 Å². The second kappa shape index (κ2) is 36.5. The Bertz CT molecular complexity index is 377. The molecule has 0 rings (SSSR count). The first-order valence-electron chi connectivity index (χ1n) is 17.0. The van der Waals surface area contributed by atoms with E-state index in [0.29, 0.717) is 13.0 Å². The van der Waals surface area contributed by atoms with E-state index >= 15 is 0 Å². The summed E-state index contributed by atoms with van der Waals surface area (Å²) >= 11 is 0. The zero-order chi connectivity index (χ0) is 26.2. The SMILES string of the molecule is CCCCCCCCCCCCCCCCCC(=O)OCCCCCCCCCCCCCCCC.[Na]. The summed E-state index contributed by atoms with van der Waals surface area (Å²) < 4.78 is 5.43. The molecule has 0 aliphatic rings. The van der Waals surface area contributed by atoms with Crippen molar-refractivity contribution >= 4 is 35.5 Å². The van der Waals surface area contributed by atoms with Gasteiger partial charge in [-0.3, -0.25) is 4.79 Å². The molecule has 0 aromatic rings. The average Bonchev–Trinajstić information content (AvgIpc) is 2.88. The summed E-state index contributed by atoms with van der Waals surface area (Å²) in [6.45, 7) is 5.21. The van der Waals surface area contributed by atoms with Gasteiger partial charge in [-0.25, -0.2) is 0 Å². The Balaban J connectivity index is 0. The van der Waals surface area contributed by atoms with Crippen molar-refractivity contribution in [3.8, 4) is 0 Å². The number of hydrogen-bond donors (Lipinski definition) is 0. The van der Waals surface area contributed by atoms with Crippen LogP contribution in [0.4, 0.5) is 0 Å². The van der Waals surface area contributed by atoms with E-state index < -0.39 is 0 Å². The van der Waals surface area contributed by atoms with E-state index in [4.69, 9.17) is 4.74 Å². The second-order valence-corrected chi connectivity index (χ2v) is 11.5. The second-order valence-electron chi connectivity index (χ2n) is 11.5. The number of rotatable bonds is 31. The van der Waals surface area contributed by atoms with E-state index in [1.54, 1.807) is 0 Å². The zero-order valence-corrected chi connectivity index (χ0v) is 28.2. The molecule has 0 bridgehead atoms. The standard InChI is InChI=1S/C34H68O2.Na/c1-3-5-7-9-11-13-15-17-19-20-22-24-26-28-30-32-34(35)36-33-31-29-27-25-23-21-18-16-14-12-10-8-6-4-2;/h3-33H2,1-2H3;. The van der Waals surface area contributed by atoms with Crippen LogP contribution in [-0.2, 0) is 9.53 Å². The summed E-state index contributed by atoms with van der Waals surface area (Å²) in [4.78, 5) is 11.9. The fourth-order valence-corrected chi connectivity index (χ4v) is 5.20. The molecule has 37 heavy (non-hydrogen) atoms. The number of unbranched alkanes of at least 4 members (excludes halogenated alkanes) is 27. The first-order chi connectivity index (χ1) is 17.8. The van der Waals surface area contributed by atoms with Crippen molar-refractivity contribution in [3.63, 3.8) is 0 Å². The molecule has 0 aromatic heterocycles. The molecular formula is C34H68NaO2. The molecule has 217 valence electrons. The third kappa shape index (κ3) is 36.5. The Kier molecular flexibility index (Phi) is 39.0. The predicted molar refractivity (Wildman–Crippen MR) is 167 cm³/mol. The molecule has 0 aliphatic carbocycles. The molecule has 0 amide bonds. The minimum atomic E-state index is 0. The fourth-order valence-electron chi connectivity index (χ4n) is 5.20. The van der Waals surface area contributed by atoms with Crippen LogP contribution in [0.2, 0.25) is 0 Å². The van der Waals surface area contributed by atoms with Crippen LogP contribution in [0.1, 0.15) is 206 Å². The number of ether oxygens (including phenoxy) is 1. The maximum atomic E-state index is 11.9. The topological polar surface area (TPSA) is 26.3 Å². The number of carbonyl (C=O) groups is 1. The molecule has 3 heteroatoms.